The molecule has 0 aliphatic rings. The lowest BCUT2D eigenvalue weighted by Crippen LogP contribution is -2.37. The Morgan fingerprint density at radius 3 is 2.48 bits per heavy atom. The minimum atomic E-state index is -1.78. The fourth-order valence-corrected chi connectivity index (χ4v) is 3.56. The van der Waals surface area contributed by atoms with Crippen molar-refractivity contribution in [3.05, 3.63) is 42.0 Å². The summed E-state index contributed by atoms with van der Waals surface area (Å²) in [6.45, 7) is 5.64. The summed E-state index contributed by atoms with van der Waals surface area (Å²) in [5, 5.41) is 1.18. The van der Waals surface area contributed by atoms with Crippen LogP contribution in [-0.4, -0.2) is 36.1 Å². The van der Waals surface area contributed by atoms with Crippen molar-refractivity contribution in [3.63, 3.8) is 0 Å². The number of aryl methyl sites for hydroxylation is 1. The molecule has 0 atom stereocenters. The number of hydrogen-bond donors (Lipinski definition) is 0. The van der Waals surface area contributed by atoms with Gasteiger partial charge in [0.1, 0.15) is 0 Å². The van der Waals surface area contributed by atoms with E-state index in [2.05, 4.69) is 18.7 Å². The second-order valence-corrected chi connectivity index (χ2v) is 7.10. The SMILES string of the molecule is C=C(C)C(=O)OCCCCc1ccccc1[SiH](OC)OC. The van der Waals surface area contributed by atoms with Crippen LogP contribution in [0.15, 0.2) is 36.4 Å². The average Bonchev–Trinajstić information content (AvgIpc) is 2.49. The zero-order chi connectivity index (χ0) is 15.7. The highest BCUT2D eigenvalue weighted by Crippen LogP contribution is 2.06. The number of carbonyl (C=O) groups excluding carboxylic acids is 1. The molecule has 0 amide bonds. The average molecular weight is 308 g/mol. The molecule has 0 spiro atoms. The minimum Gasteiger partial charge on any atom is -0.462 e. The first kappa shape index (κ1) is 17.6. The van der Waals surface area contributed by atoms with E-state index in [-0.39, 0.29) is 5.97 Å². The van der Waals surface area contributed by atoms with Crippen molar-refractivity contribution in [3.8, 4) is 0 Å². The third-order valence-electron chi connectivity index (χ3n) is 3.16. The summed E-state index contributed by atoms with van der Waals surface area (Å²) in [5.41, 5.74) is 1.69. The molecule has 0 unspecified atom stereocenters. The van der Waals surface area contributed by atoms with Gasteiger partial charge in [0.25, 0.3) is 0 Å². The molecule has 1 rings (SSSR count). The van der Waals surface area contributed by atoms with Crippen LogP contribution in [0, 0.1) is 0 Å². The Kier molecular flexibility index (Phi) is 7.96. The number of benzene rings is 1. The lowest BCUT2D eigenvalue weighted by molar-refractivity contribution is -0.139. The highest BCUT2D eigenvalue weighted by atomic mass is 28.3. The van der Waals surface area contributed by atoms with E-state index in [9.17, 15) is 4.79 Å². The van der Waals surface area contributed by atoms with Crippen molar-refractivity contribution in [1.29, 1.82) is 0 Å². The molecule has 5 heteroatoms. The third-order valence-corrected chi connectivity index (χ3v) is 5.09. The molecular weight excluding hydrogens is 284 g/mol. The fourth-order valence-electron chi connectivity index (χ4n) is 2.05. The van der Waals surface area contributed by atoms with E-state index in [0.29, 0.717) is 12.2 Å². The van der Waals surface area contributed by atoms with Crippen molar-refractivity contribution in [2.45, 2.75) is 26.2 Å². The highest BCUT2D eigenvalue weighted by molar-refractivity contribution is 6.61. The molecule has 21 heavy (non-hydrogen) atoms. The van der Waals surface area contributed by atoms with Gasteiger partial charge in [-0.3, -0.25) is 0 Å². The van der Waals surface area contributed by atoms with Crippen LogP contribution in [0.25, 0.3) is 0 Å². The molecule has 1 aromatic carbocycles. The number of ether oxygens (including phenoxy) is 1. The zero-order valence-corrected chi connectivity index (χ0v) is 14.2. The van der Waals surface area contributed by atoms with Crippen LogP contribution in [0.5, 0.6) is 0 Å². The molecule has 0 fully saturated rings. The van der Waals surface area contributed by atoms with Crippen molar-refractivity contribution < 1.29 is 18.4 Å². The van der Waals surface area contributed by atoms with Crippen LogP contribution in [-0.2, 0) is 24.8 Å². The number of hydrogen-bond acceptors (Lipinski definition) is 4. The van der Waals surface area contributed by atoms with Gasteiger partial charge in [0.15, 0.2) is 0 Å². The zero-order valence-electron chi connectivity index (χ0n) is 13.1. The second-order valence-electron chi connectivity index (χ2n) is 4.88. The number of carbonyl (C=O) groups is 1. The predicted molar refractivity (Wildman–Crippen MR) is 86.0 cm³/mol. The van der Waals surface area contributed by atoms with E-state index in [1.54, 1.807) is 21.1 Å². The molecule has 0 N–H and O–H groups in total. The van der Waals surface area contributed by atoms with Gasteiger partial charge in [-0.05, 0) is 36.9 Å². The molecule has 0 aliphatic carbocycles. The molecule has 0 aromatic heterocycles. The van der Waals surface area contributed by atoms with Gasteiger partial charge in [-0.2, -0.15) is 0 Å². The molecule has 1 aromatic rings. The van der Waals surface area contributed by atoms with Crippen LogP contribution in [0.4, 0.5) is 0 Å². The van der Waals surface area contributed by atoms with E-state index < -0.39 is 9.28 Å². The standard InChI is InChI=1S/C16H24O4Si/c1-13(2)16(17)20-12-8-7-10-14-9-5-6-11-15(14)21(18-3)19-4/h5-6,9,11,21H,1,7-8,10,12H2,2-4H3. The minimum absolute atomic E-state index is 0.318. The molecule has 0 saturated carbocycles. The van der Waals surface area contributed by atoms with Gasteiger partial charge in [0, 0.05) is 19.8 Å². The molecule has 4 nitrogen and oxygen atoms in total. The van der Waals surface area contributed by atoms with Crippen molar-refractivity contribution >= 4 is 20.4 Å². The predicted octanol–water partition coefficient (Wildman–Crippen LogP) is 1.85. The number of unbranched alkanes of at least 4 members (excludes halogenated alkanes) is 1. The van der Waals surface area contributed by atoms with Gasteiger partial charge in [-0.15, -0.1) is 0 Å². The Hall–Kier alpha value is -1.43. The smallest absolute Gasteiger partial charge is 0.355 e. The van der Waals surface area contributed by atoms with Crippen LogP contribution >= 0.6 is 0 Å². The quantitative estimate of drug-likeness (QED) is 0.302. The molecule has 116 valence electrons. The van der Waals surface area contributed by atoms with Crippen LogP contribution in [0.1, 0.15) is 25.3 Å². The summed E-state index contributed by atoms with van der Waals surface area (Å²) in [4.78, 5) is 11.2. The Bertz CT molecular complexity index is 469. The van der Waals surface area contributed by atoms with E-state index in [1.165, 1.54) is 10.8 Å². The monoisotopic (exact) mass is 308 g/mol. The first-order valence-corrected chi connectivity index (χ1v) is 8.58. The Morgan fingerprint density at radius 1 is 1.19 bits per heavy atom. The number of esters is 1. The van der Waals surface area contributed by atoms with Crippen LogP contribution in [0.2, 0.25) is 0 Å². The maximum atomic E-state index is 11.2. The van der Waals surface area contributed by atoms with Gasteiger partial charge < -0.3 is 13.6 Å². The lowest BCUT2D eigenvalue weighted by Gasteiger charge is -2.15. The summed E-state index contributed by atoms with van der Waals surface area (Å²) in [6.07, 6.45) is 2.71. The van der Waals surface area contributed by atoms with E-state index in [4.69, 9.17) is 13.6 Å². The first-order chi connectivity index (χ1) is 10.1. The normalized spacial score (nSPS) is 10.7. The van der Waals surface area contributed by atoms with E-state index >= 15 is 0 Å². The van der Waals surface area contributed by atoms with Crippen molar-refractivity contribution in [2.75, 3.05) is 20.8 Å². The molecule has 0 aliphatic heterocycles. The number of rotatable bonds is 9. The first-order valence-electron chi connectivity index (χ1n) is 7.06. The Balaban J connectivity index is 2.45. The maximum absolute atomic E-state index is 11.2. The molecule has 0 bridgehead atoms. The largest absolute Gasteiger partial charge is 0.462 e. The molecule has 0 heterocycles. The molecule has 0 radical (unpaired) electrons. The fraction of sp³-hybridized carbons (Fsp3) is 0.438. The summed E-state index contributed by atoms with van der Waals surface area (Å²) in [6, 6.07) is 8.20. The molecular formula is C16H24O4Si. The van der Waals surface area contributed by atoms with E-state index in [0.717, 1.165) is 19.3 Å². The van der Waals surface area contributed by atoms with Gasteiger partial charge in [0.05, 0.1) is 6.61 Å². The van der Waals surface area contributed by atoms with Gasteiger partial charge in [-0.1, -0.05) is 30.8 Å². The van der Waals surface area contributed by atoms with Crippen molar-refractivity contribution in [2.24, 2.45) is 0 Å². The second kappa shape index (κ2) is 9.49. The molecule has 0 saturated heterocycles. The highest BCUT2D eigenvalue weighted by Gasteiger charge is 2.16. The van der Waals surface area contributed by atoms with Gasteiger partial charge in [0.2, 0.25) is 0 Å². The summed E-state index contributed by atoms with van der Waals surface area (Å²) < 4.78 is 16.0. The van der Waals surface area contributed by atoms with E-state index in [1.807, 2.05) is 12.1 Å². The lowest BCUT2D eigenvalue weighted by atomic mass is 10.1. The van der Waals surface area contributed by atoms with Crippen molar-refractivity contribution in [1.82, 2.24) is 0 Å². The Morgan fingerprint density at radius 2 is 1.86 bits per heavy atom. The topological polar surface area (TPSA) is 44.8 Å². The van der Waals surface area contributed by atoms with Crippen LogP contribution in [0.3, 0.4) is 0 Å². The summed E-state index contributed by atoms with van der Waals surface area (Å²) >= 11 is 0. The van der Waals surface area contributed by atoms with Gasteiger partial charge in [-0.25, -0.2) is 4.79 Å². The summed E-state index contributed by atoms with van der Waals surface area (Å²) in [5.74, 6) is -0.318. The Labute approximate surface area is 128 Å². The van der Waals surface area contributed by atoms with Crippen LogP contribution < -0.4 is 5.19 Å². The third kappa shape index (κ3) is 5.83. The van der Waals surface area contributed by atoms with Gasteiger partial charge >= 0.3 is 15.3 Å². The summed E-state index contributed by atoms with van der Waals surface area (Å²) in [7, 11) is 1.60. The maximum Gasteiger partial charge on any atom is 0.355 e.